The lowest BCUT2D eigenvalue weighted by molar-refractivity contribution is 0.0986. The Balaban J connectivity index is 1.85. The van der Waals surface area contributed by atoms with Crippen LogP contribution in [0.2, 0.25) is 5.02 Å². The minimum Gasteiger partial charge on any atom is -0.302 e. The van der Waals surface area contributed by atoms with Crippen molar-refractivity contribution in [2.45, 2.75) is 20.4 Å². The zero-order valence-corrected chi connectivity index (χ0v) is 17.2. The monoisotopic (exact) mass is 405 g/mol. The molecule has 0 fully saturated rings. The predicted molar refractivity (Wildman–Crippen MR) is 114 cm³/mol. The van der Waals surface area contributed by atoms with Crippen molar-refractivity contribution in [2.75, 3.05) is 4.90 Å². The number of benzene rings is 1. The van der Waals surface area contributed by atoms with Gasteiger partial charge in [0.1, 0.15) is 0 Å². The van der Waals surface area contributed by atoms with Crippen LogP contribution in [0.15, 0.2) is 54.7 Å². The smallest absolute Gasteiger partial charge is 0.259 e. The molecule has 0 radical (unpaired) electrons. The maximum atomic E-state index is 13.8. The van der Waals surface area contributed by atoms with E-state index in [4.69, 9.17) is 11.6 Å². The number of nitrogens with zero attached hydrogens (tertiary/aromatic N) is 5. The van der Waals surface area contributed by atoms with E-state index in [0.29, 0.717) is 22.8 Å². The lowest BCUT2D eigenvalue weighted by atomic mass is 10.1. The summed E-state index contributed by atoms with van der Waals surface area (Å²) in [5.41, 5.74) is 4.34. The Kier molecular flexibility index (Phi) is 5.03. The van der Waals surface area contributed by atoms with Gasteiger partial charge in [0, 0.05) is 29.6 Å². The average Bonchev–Trinajstić information content (AvgIpc) is 3.00. The maximum absolute atomic E-state index is 13.8. The largest absolute Gasteiger partial charge is 0.302 e. The molecule has 4 aromatic rings. The summed E-state index contributed by atoms with van der Waals surface area (Å²) in [5, 5.41) is 5.84. The molecule has 3 aromatic heterocycles. The van der Waals surface area contributed by atoms with Gasteiger partial charge in [-0.15, -0.1) is 0 Å². The number of amides is 1. The first kappa shape index (κ1) is 19.1. The zero-order valence-electron chi connectivity index (χ0n) is 16.4. The van der Waals surface area contributed by atoms with Gasteiger partial charge in [0.05, 0.1) is 28.9 Å². The summed E-state index contributed by atoms with van der Waals surface area (Å²) in [5.74, 6) is -0.135. The molecule has 0 aliphatic carbocycles. The molecule has 3 heterocycles. The van der Waals surface area contributed by atoms with Crippen LogP contribution < -0.4 is 4.90 Å². The van der Waals surface area contributed by atoms with E-state index in [-0.39, 0.29) is 5.91 Å². The molecular formula is C22H20ClN5O. The molecule has 0 aliphatic heterocycles. The van der Waals surface area contributed by atoms with Crippen molar-refractivity contribution in [2.24, 2.45) is 7.05 Å². The Morgan fingerprint density at radius 1 is 1.14 bits per heavy atom. The van der Waals surface area contributed by atoms with E-state index >= 15 is 0 Å². The predicted octanol–water partition coefficient (Wildman–Crippen LogP) is 4.48. The Morgan fingerprint density at radius 2 is 1.90 bits per heavy atom. The average molecular weight is 406 g/mol. The van der Waals surface area contributed by atoms with Crippen molar-refractivity contribution in [3.63, 3.8) is 0 Å². The first-order valence-corrected chi connectivity index (χ1v) is 9.60. The molecule has 0 unspecified atom stereocenters. The summed E-state index contributed by atoms with van der Waals surface area (Å²) >= 11 is 6.06. The fraction of sp³-hybridized carbons (Fsp3) is 0.182. The maximum Gasteiger partial charge on any atom is 0.259 e. The molecule has 29 heavy (non-hydrogen) atoms. The lowest BCUT2D eigenvalue weighted by Crippen LogP contribution is -2.31. The van der Waals surface area contributed by atoms with Crippen LogP contribution in [-0.4, -0.2) is 25.7 Å². The van der Waals surface area contributed by atoms with Crippen LogP contribution in [0.5, 0.6) is 0 Å². The number of carbonyl (C=O) groups excluding carboxylic acids is 1. The number of hydrogen-bond acceptors (Lipinski definition) is 4. The molecule has 0 spiro atoms. The summed E-state index contributed by atoms with van der Waals surface area (Å²) in [6, 6.07) is 14.7. The van der Waals surface area contributed by atoms with Gasteiger partial charge >= 0.3 is 0 Å². The quantitative estimate of drug-likeness (QED) is 0.502. The van der Waals surface area contributed by atoms with E-state index in [2.05, 4.69) is 15.1 Å². The number of rotatable bonds is 4. The third-order valence-corrected chi connectivity index (χ3v) is 5.01. The molecule has 0 aliphatic rings. The normalized spacial score (nSPS) is 11.0. The van der Waals surface area contributed by atoms with Gasteiger partial charge in [0.2, 0.25) is 0 Å². The van der Waals surface area contributed by atoms with Crippen molar-refractivity contribution >= 4 is 34.2 Å². The Labute approximate surface area is 173 Å². The molecule has 0 atom stereocenters. The Bertz CT molecular complexity index is 1190. The van der Waals surface area contributed by atoms with Gasteiger partial charge in [0.25, 0.3) is 5.91 Å². The summed E-state index contributed by atoms with van der Waals surface area (Å²) < 4.78 is 1.71. The van der Waals surface area contributed by atoms with E-state index < -0.39 is 0 Å². The molecule has 0 N–H and O–H groups in total. The molecule has 1 aromatic carbocycles. The lowest BCUT2D eigenvalue weighted by Gasteiger charge is -2.23. The van der Waals surface area contributed by atoms with Gasteiger partial charge in [-0.2, -0.15) is 5.10 Å². The number of hydrogen-bond donors (Lipinski definition) is 0. The fourth-order valence-corrected chi connectivity index (χ4v) is 3.57. The fourth-order valence-electron chi connectivity index (χ4n) is 3.44. The number of aryl methyl sites for hydroxylation is 3. The number of fused-ring (bicyclic) bond motifs is 1. The highest BCUT2D eigenvalue weighted by Crippen LogP contribution is 2.27. The minimum atomic E-state index is -0.135. The van der Waals surface area contributed by atoms with Crippen molar-refractivity contribution < 1.29 is 4.79 Å². The molecule has 0 saturated heterocycles. The van der Waals surface area contributed by atoms with Crippen LogP contribution in [0.4, 0.5) is 5.69 Å². The highest BCUT2D eigenvalue weighted by atomic mass is 35.5. The second kappa shape index (κ2) is 7.64. The van der Waals surface area contributed by atoms with E-state index in [9.17, 15) is 4.79 Å². The topological polar surface area (TPSA) is 63.9 Å². The van der Waals surface area contributed by atoms with E-state index in [1.54, 1.807) is 27.9 Å². The SMILES string of the molecule is Cc1cc(C(=O)N(Cc2ccccn2)c2ccc(Cl)cc2)c2c(C)nn(C)c2n1. The number of halogens is 1. The third kappa shape index (κ3) is 3.71. The van der Waals surface area contributed by atoms with Crippen molar-refractivity contribution in [3.8, 4) is 0 Å². The van der Waals surface area contributed by atoms with Crippen molar-refractivity contribution in [1.82, 2.24) is 19.7 Å². The molecule has 0 bridgehead atoms. The van der Waals surface area contributed by atoms with Crippen LogP contribution in [0.3, 0.4) is 0 Å². The van der Waals surface area contributed by atoms with Crippen LogP contribution in [0.25, 0.3) is 11.0 Å². The van der Waals surface area contributed by atoms with Gasteiger partial charge in [-0.25, -0.2) is 4.98 Å². The Morgan fingerprint density at radius 3 is 2.59 bits per heavy atom. The summed E-state index contributed by atoms with van der Waals surface area (Å²) in [4.78, 5) is 24.4. The minimum absolute atomic E-state index is 0.135. The van der Waals surface area contributed by atoms with Crippen molar-refractivity contribution in [3.05, 3.63) is 82.4 Å². The first-order valence-electron chi connectivity index (χ1n) is 9.22. The second-order valence-electron chi connectivity index (χ2n) is 6.91. The van der Waals surface area contributed by atoms with Gasteiger partial charge in [-0.1, -0.05) is 17.7 Å². The van der Waals surface area contributed by atoms with Gasteiger partial charge in [0.15, 0.2) is 5.65 Å². The molecule has 146 valence electrons. The number of carbonyl (C=O) groups is 1. The molecule has 0 saturated carbocycles. The van der Waals surface area contributed by atoms with Crippen LogP contribution in [-0.2, 0) is 13.6 Å². The summed E-state index contributed by atoms with van der Waals surface area (Å²) in [7, 11) is 1.83. The van der Waals surface area contributed by atoms with Gasteiger partial charge in [-0.05, 0) is 56.3 Å². The van der Waals surface area contributed by atoms with Gasteiger partial charge in [-0.3, -0.25) is 14.5 Å². The van der Waals surface area contributed by atoms with Gasteiger partial charge < -0.3 is 4.90 Å². The first-order chi connectivity index (χ1) is 13.9. The molecular weight excluding hydrogens is 386 g/mol. The Hall–Kier alpha value is -3.25. The van der Waals surface area contributed by atoms with E-state index in [1.165, 1.54) is 0 Å². The number of anilines is 1. The van der Waals surface area contributed by atoms with Crippen molar-refractivity contribution in [1.29, 1.82) is 0 Å². The van der Waals surface area contributed by atoms with Crippen LogP contribution in [0, 0.1) is 13.8 Å². The molecule has 7 heteroatoms. The molecule has 6 nitrogen and oxygen atoms in total. The molecule has 4 rings (SSSR count). The second-order valence-corrected chi connectivity index (χ2v) is 7.34. The standard InChI is InChI=1S/C22H20ClN5O/c1-14-12-19(20-15(2)26-27(3)21(20)25-14)22(29)28(13-17-6-4-5-11-24-17)18-9-7-16(23)8-10-18/h4-12H,13H2,1-3H3. The van der Waals surface area contributed by atoms with Crippen LogP contribution >= 0.6 is 11.6 Å². The highest BCUT2D eigenvalue weighted by molar-refractivity contribution is 6.30. The highest BCUT2D eigenvalue weighted by Gasteiger charge is 2.24. The summed E-state index contributed by atoms with van der Waals surface area (Å²) in [6.45, 7) is 4.11. The molecule has 1 amide bonds. The third-order valence-electron chi connectivity index (χ3n) is 4.76. The van der Waals surface area contributed by atoms with E-state index in [1.807, 2.05) is 57.3 Å². The zero-order chi connectivity index (χ0) is 20.5. The number of pyridine rings is 2. The summed E-state index contributed by atoms with van der Waals surface area (Å²) in [6.07, 6.45) is 1.72. The van der Waals surface area contributed by atoms with E-state index in [0.717, 1.165) is 28.2 Å². The number of aromatic nitrogens is 4. The van der Waals surface area contributed by atoms with Crippen LogP contribution in [0.1, 0.15) is 27.4 Å².